The van der Waals surface area contributed by atoms with Crippen molar-refractivity contribution in [3.05, 3.63) is 30.3 Å². The summed E-state index contributed by atoms with van der Waals surface area (Å²) in [6.07, 6.45) is 0.290. The van der Waals surface area contributed by atoms with E-state index in [1.807, 2.05) is 30.3 Å². The summed E-state index contributed by atoms with van der Waals surface area (Å²) in [5.41, 5.74) is 0.803. The zero-order valence-electron chi connectivity index (χ0n) is 9.15. The molecule has 0 bridgehead atoms. The quantitative estimate of drug-likeness (QED) is 0.739. The van der Waals surface area contributed by atoms with Crippen LogP contribution in [-0.4, -0.2) is 24.1 Å². The van der Waals surface area contributed by atoms with Gasteiger partial charge in [0.05, 0.1) is 5.88 Å². The molecule has 1 amide bonds. The normalized spacial score (nSPS) is 9.88. The highest BCUT2D eigenvalue weighted by Crippen LogP contribution is 2.13. The lowest BCUT2D eigenvalue weighted by Crippen LogP contribution is -2.30. The Kier molecular flexibility index (Phi) is 4.99. The van der Waals surface area contributed by atoms with E-state index in [0.29, 0.717) is 6.54 Å². The third-order valence-electron chi connectivity index (χ3n) is 2.21. The molecule has 0 heterocycles. The van der Waals surface area contributed by atoms with Gasteiger partial charge in [-0.2, -0.15) is 0 Å². The molecule has 0 atom stereocenters. The minimum absolute atomic E-state index is 0.000530. The van der Waals surface area contributed by atoms with Crippen molar-refractivity contribution >= 4 is 29.0 Å². The fraction of sp³-hybridized carbons (Fsp3) is 0.333. The second-order valence-corrected chi connectivity index (χ2v) is 3.70. The molecule has 0 saturated heterocycles. The monoisotopic (exact) mass is 239 g/mol. The summed E-state index contributed by atoms with van der Waals surface area (Å²) in [6.45, 7) is 1.86. The molecular weight excluding hydrogens is 226 g/mol. The van der Waals surface area contributed by atoms with Crippen LogP contribution in [0.25, 0.3) is 0 Å². The molecule has 0 N–H and O–H groups in total. The Morgan fingerprint density at radius 3 is 2.38 bits per heavy atom. The molecular formula is C12H14ClNO2. The number of carbonyl (C=O) groups excluding carboxylic acids is 2. The molecule has 0 saturated carbocycles. The zero-order chi connectivity index (χ0) is 12.0. The molecule has 0 aliphatic rings. The van der Waals surface area contributed by atoms with Gasteiger partial charge in [-0.15, -0.1) is 11.6 Å². The number of anilines is 1. The van der Waals surface area contributed by atoms with Gasteiger partial charge in [-0.3, -0.25) is 9.59 Å². The van der Waals surface area contributed by atoms with E-state index in [1.54, 1.807) is 4.90 Å². The first-order chi connectivity index (χ1) is 7.65. The van der Waals surface area contributed by atoms with Crippen LogP contribution in [0.2, 0.25) is 0 Å². The maximum atomic E-state index is 11.4. The Balaban J connectivity index is 2.69. The van der Waals surface area contributed by atoms with Gasteiger partial charge in [-0.05, 0) is 12.1 Å². The third-order valence-corrected chi connectivity index (χ3v) is 2.51. The Bertz CT molecular complexity index is 365. The molecule has 3 nitrogen and oxygen atoms in total. The van der Waals surface area contributed by atoms with E-state index in [2.05, 4.69) is 0 Å². The van der Waals surface area contributed by atoms with E-state index >= 15 is 0 Å². The number of carbonyl (C=O) groups is 2. The first kappa shape index (κ1) is 12.7. The van der Waals surface area contributed by atoms with Gasteiger partial charge in [0.1, 0.15) is 5.78 Å². The lowest BCUT2D eigenvalue weighted by atomic mass is 10.2. The second kappa shape index (κ2) is 6.28. The molecule has 1 aromatic carbocycles. The van der Waals surface area contributed by atoms with Gasteiger partial charge >= 0.3 is 0 Å². The number of nitrogens with zero attached hydrogens (tertiary/aromatic N) is 1. The molecule has 0 spiro atoms. The standard InChI is InChI=1S/C12H14ClNO2/c1-10(15)14(8-7-12(16)9-13)11-5-3-2-4-6-11/h2-6H,7-9H2,1H3. The molecule has 86 valence electrons. The maximum absolute atomic E-state index is 11.4. The summed E-state index contributed by atoms with van der Waals surface area (Å²) in [4.78, 5) is 24.1. The predicted molar refractivity (Wildman–Crippen MR) is 64.8 cm³/mol. The van der Waals surface area contributed by atoms with Crippen molar-refractivity contribution < 1.29 is 9.59 Å². The van der Waals surface area contributed by atoms with E-state index in [1.165, 1.54) is 6.92 Å². The summed E-state index contributed by atoms with van der Waals surface area (Å²) in [7, 11) is 0. The number of Topliss-reactive ketones (excluding diaryl/α,β-unsaturated/α-hetero) is 1. The third kappa shape index (κ3) is 3.66. The van der Waals surface area contributed by atoms with Gasteiger partial charge in [0.25, 0.3) is 0 Å². The predicted octanol–water partition coefficient (Wildman–Crippen LogP) is 2.24. The number of rotatable bonds is 5. The Morgan fingerprint density at radius 1 is 1.25 bits per heavy atom. The van der Waals surface area contributed by atoms with Crippen LogP contribution in [0.1, 0.15) is 13.3 Å². The van der Waals surface area contributed by atoms with Gasteiger partial charge in [0.15, 0.2) is 0 Å². The van der Waals surface area contributed by atoms with Gasteiger partial charge in [-0.25, -0.2) is 0 Å². The molecule has 1 aromatic rings. The first-order valence-corrected chi connectivity index (χ1v) is 5.59. The lowest BCUT2D eigenvalue weighted by molar-refractivity contribution is -0.117. The van der Waals surface area contributed by atoms with Gasteiger partial charge in [0.2, 0.25) is 5.91 Å². The molecule has 4 heteroatoms. The minimum Gasteiger partial charge on any atom is -0.312 e. The van der Waals surface area contributed by atoms with E-state index in [4.69, 9.17) is 11.6 Å². The van der Waals surface area contributed by atoms with Crippen molar-refractivity contribution in [2.75, 3.05) is 17.3 Å². The fourth-order valence-corrected chi connectivity index (χ4v) is 1.51. The van der Waals surface area contributed by atoms with E-state index in [0.717, 1.165) is 5.69 Å². The van der Waals surface area contributed by atoms with Crippen LogP contribution in [0.5, 0.6) is 0 Å². The smallest absolute Gasteiger partial charge is 0.223 e. The molecule has 0 fully saturated rings. The maximum Gasteiger partial charge on any atom is 0.223 e. The number of benzene rings is 1. The Morgan fingerprint density at radius 2 is 1.88 bits per heavy atom. The van der Waals surface area contributed by atoms with Crippen LogP contribution in [0.3, 0.4) is 0 Å². The number of alkyl halides is 1. The van der Waals surface area contributed by atoms with Crippen molar-refractivity contribution in [3.63, 3.8) is 0 Å². The molecule has 0 aliphatic carbocycles. The summed E-state index contributed by atoms with van der Waals surface area (Å²) >= 11 is 5.41. The van der Waals surface area contributed by atoms with Crippen molar-refractivity contribution in [3.8, 4) is 0 Å². The molecule has 0 aromatic heterocycles. The largest absolute Gasteiger partial charge is 0.312 e. The molecule has 0 unspecified atom stereocenters. The van der Waals surface area contributed by atoms with Gasteiger partial charge in [0, 0.05) is 25.6 Å². The van der Waals surface area contributed by atoms with Crippen molar-refractivity contribution in [2.24, 2.45) is 0 Å². The highest BCUT2D eigenvalue weighted by atomic mass is 35.5. The Labute approximate surface area is 100 Å². The number of hydrogen-bond acceptors (Lipinski definition) is 2. The van der Waals surface area contributed by atoms with Crippen molar-refractivity contribution in [2.45, 2.75) is 13.3 Å². The molecule has 0 aliphatic heterocycles. The van der Waals surface area contributed by atoms with Crippen molar-refractivity contribution in [1.29, 1.82) is 0 Å². The van der Waals surface area contributed by atoms with Gasteiger partial charge in [-0.1, -0.05) is 18.2 Å². The number of amides is 1. The summed E-state index contributed by atoms with van der Waals surface area (Å²) < 4.78 is 0. The lowest BCUT2D eigenvalue weighted by Gasteiger charge is -2.20. The molecule has 1 rings (SSSR count). The molecule has 0 radical (unpaired) electrons. The summed E-state index contributed by atoms with van der Waals surface area (Å²) in [5, 5.41) is 0. The average Bonchev–Trinajstić information content (AvgIpc) is 2.30. The van der Waals surface area contributed by atoms with Crippen LogP contribution in [0, 0.1) is 0 Å². The van der Waals surface area contributed by atoms with Crippen LogP contribution in [-0.2, 0) is 9.59 Å². The van der Waals surface area contributed by atoms with E-state index in [9.17, 15) is 9.59 Å². The highest BCUT2D eigenvalue weighted by Gasteiger charge is 2.12. The fourth-order valence-electron chi connectivity index (χ4n) is 1.38. The van der Waals surface area contributed by atoms with E-state index in [-0.39, 0.29) is 24.0 Å². The van der Waals surface area contributed by atoms with Crippen LogP contribution < -0.4 is 4.90 Å². The zero-order valence-corrected chi connectivity index (χ0v) is 9.91. The number of halogens is 1. The number of para-hydroxylation sites is 1. The van der Waals surface area contributed by atoms with Gasteiger partial charge < -0.3 is 4.90 Å². The number of hydrogen-bond donors (Lipinski definition) is 0. The van der Waals surface area contributed by atoms with Crippen LogP contribution >= 0.6 is 11.6 Å². The topological polar surface area (TPSA) is 37.4 Å². The number of ketones is 1. The summed E-state index contributed by atoms with van der Waals surface area (Å²) in [6, 6.07) is 9.27. The second-order valence-electron chi connectivity index (χ2n) is 3.43. The van der Waals surface area contributed by atoms with Crippen LogP contribution in [0.15, 0.2) is 30.3 Å². The Hall–Kier alpha value is -1.35. The van der Waals surface area contributed by atoms with Crippen molar-refractivity contribution in [1.82, 2.24) is 0 Å². The summed E-state index contributed by atoms with van der Waals surface area (Å²) in [5.74, 6) is -0.127. The van der Waals surface area contributed by atoms with E-state index < -0.39 is 0 Å². The first-order valence-electron chi connectivity index (χ1n) is 5.06. The minimum atomic E-state index is -0.0754. The highest BCUT2D eigenvalue weighted by molar-refractivity contribution is 6.27. The SMILES string of the molecule is CC(=O)N(CCC(=O)CCl)c1ccccc1. The average molecular weight is 240 g/mol. The molecule has 16 heavy (non-hydrogen) atoms. The van der Waals surface area contributed by atoms with Crippen LogP contribution in [0.4, 0.5) is 5.69 Å².